The standard InChI is InChI=1S/C26H23N7O4/c27-26-31-22-21(29-14-30-22)24(32-26)36-13-16-4-2-15(3-5-16)12-28-23(34)19-10-17-6-7-18(33-8-1-9-33)11-20(17)37-25(19)35/h2-7,10-11,14H,1,8-9,12-13H2,(H,28,34)(H3,27,29,30,31,32). The van der Waals surface area contributed by atoms with Gasteiger partial charge < -0.3 is 30.1 Å². The summed E-state index contributed by atoms with van der Waals surface area (Å²) in [6.45, 7) is 2.50. The van der Waals surface area contributed by atoms with Gasteiger partial charge in [-0.2, -0.15) is 9.97 Å². The first-order chi connectivity index (χ1) is 18.0. The first-order valence-corrected chi connectivity index (χ1v) is 11.8. The molecule has 2 aromatic carbocycles. The minimum absolute atomic E-state index is 0.0250. The van der Waals surface area contributed by atoms with Crippen LogP contribution in [0.2, 0.25) is 0 Å². The van der Waals surface area contributed by atoms with Crippen LogP contribution >= 0.6 is 0 Å². The summed E-state index contributed by atoms with van der Waals surface area (Å²) in [4.78, 5) is 42.6. The number of H-pyrrole nitrogens is 1. The zero-order valence-corrected chi connectivity index (χ0v) is 19.7. The fourth-order valence-corrected chi connectivity index (χ4v) is 4.14. The number of nitrogens with one attached hydrogen (secondary N) is 2. The lowest BCUT2D eigenvalue weighted by molar-refractivity contribution is 0.0947. The van der Waals surface area contributed by atoms with Gasteiger partial charge in [-0.05, 0) is 35.7 Å². The number of hydrogen-bond acceptors (Lipinski definition) is 9. The molecule has 0 radical (unpaired) electrons. The fraction of sp³-hybridized carbons (Fsp3) is 0.192. The van der Waals surface area contributed by atoms with Crippen molar-refractivity contribution in [1.29, 1.82) is 0 Å². The molecule has 1 fully saturated rings. The monoisotopic (exact) mass is 497 g/mol. The summed E-state index contributed by atoms with van der Waals surface area (Å²) in [7, 11) is 0. The molecule has 3 aromatic heterocycles. The Hall–Kier alpha value is -4.93. The van der Waals surface area contributed by atoms with Gasteiger partial charge in [-0.15, -0.1) is 0 Å². The molecule has 5 aromatic rings. The second-order valence-electron chi connectivity index (χ2n) is 8.78. The predicted molar refractivity (Wildman–Crippen MR) is 137 cm³/mol. The van der Waals surface area contributed by atoms with Gasteiger partial charge in [0, 0.05) is 36.8 Å². The van der Waals surface area contributed by atoms with E-state index in [0.29, 0.717) is 28.0 Å². The summed E-state index contributed by atoms with van der Waals surface area (Å²) in [6, 6.07) is 14.8. The van der Waals surface area contributed by atoms with E-state index in [4.69, 9.17) is 14.9 Å². The zero-order valence-electron chi connectivity index (χ0n) is 19.7. The first kappa shape index (κ1) is 22.5. The number of rotatable bonds is 7. The van der Waals surface area contributed by atoms with Crippen LogP contribution in [0.3, 0.4) is 0 Å². The number of fused-ring (bicyclic) bond motifs is 2. The summed E-state index contributed by atoms with van der Waals surface area (Å²) in [5, 5.41) is 3.49. The molecule has 1 amide bonds. The van der Waals surface area contributed by atoms with E-state index >= 15 is 0 Å². The van der Waals surface area contributed by atoms with Gasteiger partial charge in [0.1, 0.15) is 17.8 Å². The normalized spacial score (nSPS) is 13.0. The van der Waals surface area contributed by atoms with Gasteiger partial charge in [0.05, 0.1) is 6.33 Å². The molecule has 11 heteroatoms. The SMILES string of the molecule is Nc1nc(OCc2ccc(CNC(=O)c3cc4ccc(N5CCC5)cc4oc3=O)cc2)c2nc[nH]c2n1. The van der Waals surface area contributed by atoms with Crippen molar-refractivity contribution >= 4 is 39.7 Å². The molecule has 11 nitrogen and oxygen atoms in total. The maximum atomic E-state index is 12.7. The quantitative estimate of drug-likeness (QED) is 0.288. The number of nitrogens with zero attached hydrogens (tertiary/aromatic N) is 4. The van der Waals surface area contributed by atoms with Crippen molar-refractivity contribution < 1.29 is 13.9 Å². The maximum absolute atomic E-state index is 12.7. The minimum Gasteiger partial charge on any atom is -0.471 e. The zero-order chi connectivity index (χ0) is 25.4. The third kappa shape index (κ3) is 4.54. The van der Waals surface area contributed by atoms with Crippen LogP contribution in [0.15, 0.2) is 64.1 Å². The number of aromatic amines is 1. The van der Waals surface area contributed by atoms with Crippen LogP contribution in [-0.4, -0.2) is 38.9 Å². The number of imidazole rings is 1. The average molecular weight is 498 g/mol. The highest BCUT2D eigenvalue weighted by atomic mass is 16.5. The van der Waals surface area contributed by atoms with Gasteiger partial charge in [-0.3, -0.25) is 4.79 Å². The van der Waals surface area contributed by atoms with Crippen molar-refractivity contribution in [3.05, 3.63) is 82.0 Å². The molecule has 1 aliphatic heterocycles. The highest BCUT2D eigenvalue weighted by Gasteiger charge is 2.17. The van der Waals surface area contributed by atoms with Crippen molar-refractivity contribution in [2.24, 2.45) is 0 Å². The number of aromatic nitrogens is 4. The Morgan fingerprint density at radius 2 is 1.92 bits per heavy atom. The van der Waals surface area contributed by atoms with Crippen LogP contribution in [0.25, 0.3) is 22.1 Å². The molecule has 0 unspecified atom stereocenters. The number of anilines is 2. The second kappa shape index (κ2) is 9.26. The number of carbonyl (C=O) groups excluding carboxylic acids is 1. The number of ether oxygens (including phenoxy) is 1. The molecule has 0 spiro atoms. The maximum Gasteiger partial charge on any atom is 0.349 e. The van der Waals surface area contributed by atoms with Crippen molar-refractivity contribution in [2.75, 3.05) is 23.7 Å². The van der Waals surface area contributed by atoms with Crippen molar-refractivity contribution in [3.8, 4) is 5.88 Å². The first-order valence-electron chi connectivity index (χ1n) is 11.8. The third-order valence-electron chi connectivity index (χ3n) is 6.30. The summed E-state index contributed by atoms with van der Waals surface area (Å²) >= 11 is 0. The Bertz CT molecular complexity index is 1670. The molecule has 4 heterocycles. The van der Waals surface area contributed by atoms with Crippen LogP contribution in [0.1, 0.15) is 27.9 Å². The predicted octanol–water partition coefficient (Wildman–Crippen LogP) is 2.76. The molecule has 186 valence electrons. The summed E-state index contributed by atoms with van der Waals surface area (Å²) in [6.07, 6.45) is 2.66. The van der Waals surface area contributed by atoms with Gasteiger partial charge in [0.15, 0.2) is 11.2 Å². The lowest BCUT2D eigenvalue weighted by atomic mass is 10.1. The number of benzene rings is 2. The summed E-state index contributed by atoms with van der Waals surface area (Å²) in [5.41, 5.74) is 9.29. The highest BCUT2D eigenvalue weighted by molar-refractivity contribution is 5.97. The van der Waals surface area contributed by atoms with Crippen molar-refractivity contribution in [3.63, 3.8) is 0 Å². The Labute approximate surface area is 210 Å². The van der Waals surface area contributed by atoms with Crippen LogP contribution in [-0.2, 0) is 13.2 Å². The molecule has 1 saturated heterocycles. The van der Waals surface area contributed by atoms with Crippen LogP contribution in [0.5, 0.6) is 5.88 Å². The molecule has 6 rings (SSSR count). The fourth-order valence-electron chi connectivity index (χ4n) is 4.14. The van der Waals surface area contributed by atoms with E-state index in [-0.39, 0.29) is 24.7 Å². The van der Waals surface area contributed by atoms with E-state index < -0.39 is 11.5 Å². The van der Waals surface area contributed by atoms with E-state index in [1.165, 1.54) is 6.33 Å². The van der Waals surface area contributed by atoms with Crippen LogP contribution < -0.4 is 26.3 Å². The van der Waals surface area contributed by atoms with Gasteiger partial charge in [-0.1, -0.05) is 24.3 Å². The Morgan fingerprint density at radius 3 is 2.70 bits per heavy atom. The second-order valence-corrected chi connectivity index (χ2v) is 8.78. The van der Waals surface area contributed by atoms with E-state index in [1.54, 1.807) is 6.07 Å². The molecule has 1 aliphatic rings. The Balaban J connectivity index is 1.09. The van der Waals surface area contributed by atoms with Gasteiger partial charge >= 0.3 is 5.63 Å². The Kier molecular flexibility index (Phi) is 5.64. The van der Waals surface area contributed by atoms with Gasteiger partial charge in [0.2, 0.25) is 11.8 Å². The van der Waals surface area contributed by atoms with E-state index in [9.17, 15) is 9.59 Å². The molecule has 0 atom stereocenters. The van der Waals surface area contributed by atoms with Gasteiger partial charge in [0.25, 0.3) is 5.91 Å². The minimum atomic E-state index is -0.658. The summed E-state index contributed by atoms with van der Waals surface area (Å²) < 4.78 is 11.2. The molecule has 4 N–H and O–H groups in total. The smallest absolute Gasteiger partial charge is 0.349 e. The lowest BCUT2D eigenvalue weighted by Gasteiger charge is -2.33. The topological polar surface area (TPSA) is 152 Å². The van der Waals surface area contributed by atoms with Crippen LogP contribution in [0.4, 0.5) is 11.6 Å². The van der Waals surface area contributed by atoms with Crippen molar-refractivity contribution in [2.45, 2.75) is 19.6 Å². The van der Waals surface area contributed by atoms with E-state index in [0.717, 1.165) is 36.3 Å². The molecule has 0 saturated carbocycles. The van der Waals surface area contributed by atoms with E-state index in [1.807, 2.05) is 42.5 Å². The summed E-state index contributed by atoms with van der Waals surface area (Å²) in [5.74, 6) is -0.0972. The molecule has 37 heavy (non-hydrogen) atoms. The number of nitrogen functional groups attached to an aromatic ring is 1. The van der Waals surface area contributed by atoms with Crippen molar-refractivity contribution in [1.82, 2.24) is 25.3 Å². The number of nitrogens with two attached hydrogens (primary N) is 1. The highest BCUT2D eigenvalue weighted by Crippen LogP contribution is 2.25. The van der Waals surface area contributed by atoms with Gasteiger partial charge in [-0.25, -0.2) is 9.78 Å². The molecular formula is C26H23N7O4. The van der Waals surface area contributed by atoms with E-state index in [2.05, 4.69) is 30.2 Å². The number of hydrogen-bond donors (Lipinski definition) is 3. The third-order valence-corrected chi connectivity index (χ3v) is 6.30. The molecule has 0 aliphatic carbocycles. The molecular weight excluding hydrogens is 474 g/mol. The largest absolute Gasteiger partial charge is 0.471 e. The van der Waals surface area contributed by atoms with Crippen LogP contribution in [0, 0.1) is 0 Å². The lowest BCUT2D eigenvalue weighted by Crippen LogP contribution is -2.36. The average Bonchev–Trinajstić information content (AvgIpc) is 3.33. The Morgan fingerprint density at radius 1 is 1.11 bits per heavy atom. The number of carbonyl (C=O) groups is 1. The number of amides is 1. The molecule has 0 bridgehead atoms.